The van der Waals surface area contributed by atoms with Crippen molar-refractivity contribution in [1.29, 1.82) is 0 Å². The lowest BCUT2D eigenvalue weighted by atomic mass is 10.2. The van der Waals surface area contributed by atoms with E-state index >= 15 is 0 Å². The molecule has 0 heterocycles. The van der Waals surface area contributed by atoms with Crippen LogP contribution in [0.25, 0.3) is 0 Å². The van der Waals surface area contributed by atoms with E-state index in [-0.39, 0.29) is 9.70 Å². The maximum atomic E-state index is 10.9. The van der Waals surface area contributed by atoms with Crippen LogP contribution in [0.15, 0.2) is 30.3 Å². The molecule has 0 aliphatic rings. The lowest BCUT2D eigenvalue weighted by Gasteiger charge is -2.11. The van der Waals surface area contributed by atoms with Gasteiger partial charge in [0, 0.05) is 6.92 Å². The van der Waals surface area contributed by atoms with Gasteiger partial charge >= 0.3 is 0 Å². The molecule has 0 aliphatic carbocycles. The highest BCUT2D eigenvalue weighted by Gasteiger charge is 2.11. The Morgan fingerprint density at radius 2 is 1.92 bits per heavy atom. The second kappa shape index (κ2) is 5.35. The first-order valence-corrected chi connectivity index (χ1v) is 6.15. The van der Waals surface area contributed by atoms with Crippen LogP contribution in [0, 0.1) is 0 Å². The summed E-state index contributed by atoms with van der Waals surface area (Å²) in [5.41, 5.74) is 1.20. The van der Waals surface area contributed by atoms with Gasteiger partial charge in [0.05, 0.1) is 4.58 Å². The van der Waals surface area contributed by atoms with Crippen LogP contribution in [0.5, 0.6) is 0 Å². The van der Waals surface area contributed by atoms with Crippen molar-refractivity contribution in [3.63, 3.8) is 0 Å². The summed E-state index contributed by atoms with van der Waals surface area (Å²) in [6.07, 6.45) is 2.02. The van der Waals surface area contributed by atoms with Gasteiger partial charge in [-0.2, -0.15) is 0 Å². The number of benzene rings is 1. The molecule has 0 saturated carbocycles. The first-order valence-electron chi connectivity index (χ1n) is 3.99. The van der Waals surface area contributed by atoms with Crippen molar-refractivity contribution in [2.45, 2.75) is 11.5 Å². The van der Waals surface area contributed by atoms with E-state index in [9.17, 15) is 4.79 Å². The van der Waals surface area contributed by atoms with E-state index in [0.717, 1.165) is 0 Å². The number of carbonyl (C=O) groups excluding carboxylic acids is 1. The molecule has 1 aromatic carbocycles. The summed E-state index contributed by atoms with van der Waals surface area (Å²) >= 11 is 3.07. The van der Waals surface area contributed by atoms with Gasteiger partial charge in [-0.15, -0.1) is 11.8 Å². The monoisotopic (exact) mass is 212 g/mol. The molecule has 0 fully saturated rings. The predicted octanol–water partition coefficient (Wildman–Crippen LogP) is 3.33. The molecular formula is C10H12OS2. The summed E-state index contributed by atoms with van der Waals surface area (Å²) in [6, 6.07) is 10.1. The van der Waals surface area contributed by atoms with E-state index in [0.29, 0.717) is 0 Å². The molecule has 3 heteroatoms. The first kappa shape index (κ1) is 10.7. The number of thioether (sulfide) groups is 2. The highest BCUT2D eigenvalue weighted by atomic mass is 32.2. The molecule has 0 aliphatic heterocycles. The molecule has 13 heavy (non-hydrogen) atoms. The lowest BCUT2D eigenvalue weighted by Crippen LogP contribution is -1.91. The van der Waals surface area contributed by atoms with Crippen molar-refractivity contribution >= 4 is 28.6 Å². The molecule has 70 valence electrons. The van der Waals surface area contributed by atoms with Crippen LogP contribution >= 0.6 is 23.5 Å². The van der Waals surface area contributed by atoms with E-state index in [1.165, 1.54) is 17.3 Å². The van der Waals surface area contributed by atoms with Crippen LogP contribution in [0.2, 0.25) is 0 Å². The maximum Gasteiger partial charge on any atom is 0.187 e. The molecular weight excluding hydrogens is 200 g/mol. The lowest BCUT2D eigenvalue weighted by molar-refractivity contribution is -0.109. The fraction of sp³-hybridized carbons (Fsp3) is 0.300. The molecule has 0 saturated heterocycles. The molecule has 0 amide bonds. The summed E-state index contributed by atoms with van der Waals surface area (Å²) < 4.78 is 0.235. The largest absolute Gasteiger partial charge is 0.287 e. The Morgan fingerprint density at radius 3 is 2.38 bits per heavy atom. The summed E-state index contributed by atoms with van der Waals surface area (Å²) in [7, 11) is 0. The molecule has 1 rings (SSSR count). The van der Waals surface area contributed by atoms with E-state index in [1.54, 1.807) is 18.7 Å². The number of hydrogen-bond donors (Lipinski definition) is 0. The van der Waals surface area contributed by atoms with Gasteiger partial charge in [-0.3, -0.25) is 4.79 Å². The highest BCUT2D eigenvalue weighted by molar-refractivity contribution is 8.23. The van der Waals surface area contributed by atoms with Crippen molar-refractivity contribution in [3.05, 3.63) is 35.9 Å². The second-order valence-corrected chi connectivity index (χ2v) is 5.11. The summed E-state index contributed by atoms with van der Waals surface area (Å²) in [6.45, 7) is 1.61. The third-order valence-corrected chi connectivity index (χ3v) is 3.94. The first-order chi connectivity index (χ1) is 6.24. The Morgan fingerprint density at radius 1 is 1.31 bits per heavy atom. The van der Waals surface area contributed by atoms with Gasteiger partial charge in [0.15, 0.2) is 5.12 Å². The van der Waals surface area contributed by atoms with Crippen molar-refractivity contribution in [2.75, 3.05) is 6.26 Å². The fourth-order valence-electron chi connectivity index (χ4n) is 1.01. The Balaban J connectivity index is 2.73. The number of rotatable bonds is 3. The van der Waals surface area contributed by atoms with Crippen molar-refractivity contribution in [2.24, 2.45) is 0 Å². The number of carbonyl (C=O) groups is 1. The minimum Gasteiger partial charge on any atom is -0.287 e. The molecule has 0 radical (unpaired) electrons. The standard InChI is InChI=1S/C10H12OS2/c1-8(11)13-10(12-2)9-6-4-3-5-7-9/h3-7,10H,1-2H3. The maximum absolute atomic E-state index is 10.9. The molecule has 1 nitrogen and oxygen atoms in total. The minimum absolute atomic E-state index is 0.170. The SMILES string of the molecule is CSC(SC(C)=O)c1ccccc1. The summed E-state index contributed by atoms with van der Waals surface area (Å²) in [5, 5.41) is 0.170. The van der Waals surface area contributed by atoms with Gasteiger partial charge in [0.25, 0.3) is 0 Å². The molecule has 0 bridgehead atoms. The van der Waals surface area contributed by atoms with Gasteiger partial charge in [-0.25, -0.2) is 0 Å². The smallest absolute Gasteiger partial charge is 0.187 e. The van der Waals surface area contributed by atoms with Crippen LogP contribution in [0.1, 0.15) is 17.1 Å². The van der Waals surface area contributed by atoms with E-state index in [4.69, 9.17) is 0 Å². The van der Waals surface area contributed by atoms with E-state index in [1.807, 2.05) is 24.5 Å². The molecule has 0 N–H and O–H groups in total. The average Bonchev–Trinajstić information content (AvgIpc) is 2.15. The van der Waals surface area contributed by atoms with Gasteiger partial charge in [0.2, 0.25) is 0 Å². The molecule has 0 aromatic heterocycles. The topological polar surface area (TPSA) is 17.1 Å². The Hall–Kier alpha value is -0.410. The molecule has 1 aromatic rings. The Bertz CT molecular complexity index is 272. The van der Waals surface area contributed by atoms with Crippen LogP contribution < -0.4 is 0 Å². The second-order valence-electron chi connectivity index (χ2n) is 2.59. The Labute approximate surface area is 87.3 Å². The summed E-state index contributed by atoms with van der Waals surface area (Å²) in [4.78, 5) is 10.9. The molecule has 1 unspecified atom stereocenters. The van der Waals surface area contributed by atoms with Crippen LogP contribution in [0.3, 0.4) is 0 Å². The van der Waals surface area contributed by atoms with Crippen LogP contribution in [-0.2, 0) is 4.79 Å². The van der Waals surface area contributed by atoms with Gasteiger partial charge in [-0.05, 0) is 11.8 Å². The third kappa shape index (κ3) is 3.44. The Kier molecular flexibility index (Phi) is 4.39. The average molecular weight is 212 g/mol. The fourth-order valence-corrected chi connectivity index (χ4v) is 2.83. The van der Waals surface area contributed by atoms with Crippen LogP contribution in [0.4, 0.5) is 0 Å². The highest BCUT2D eigenvalue weighted by Crippen LogP contribution is 2.37. The third-order valence-electron chi connectivity index (χ3n) is 1.56. The van der Waals surface area contributed by atoms with Crippen molar-refractivity contribution in [1.82, 2.24) is 0 Å². The van der Waals surface area contributed by atoms with Gasteiger partial charge in [0.1, 0.15) is 0 Å². The zero-order chi connectivity index (χ0) is 9.68. The van der Waals surface area contributed by atoms with Gasteiger partial charge in [-0.1, -0.05) is 42.1 Å². The minimum atomic E-state index is 0.170. The number of hydrogen-bond acceptors (Lipinski definition) is 3. The van der Waals surface area contributed by atoms with Crippen molar-refractivity contribution < 1.29 is 4.79 Å². The zero-order valence-electron chi connectivity index (χ0n) is 7.69. The van der Waals surface area contributed by atoms with Gasteiger partial charge < -0.3 is 0 Å². The molecule has 0 spiro atoms. The summed E-state index contributed by atoms with van der Waals surface area (Å²) in [5.74, 6) is 0. The van der Waals surface area contributed by atoms with E-state index < -0.39 is 0 Å². The van der Waals surface area contributed by atoms with Crippen molar-refractivity contribution in [3.8, 4) is 0 Å². The normalized spacial score (nSPS) is 12.5. The van der Waals surface area contributed by atoms with Crippen LogP contribution in [-0.4, -0.2) is 11.4 Å². The quantitative estimate of drug-likeness (QED) is 0.715. The zero-order valence-corrected chi connectivity index (χ0v) is 9.32. The molecule has 1 atom stereocenters. The predicted molar refractivity (Wildman–Crippen MR) is 61.0 cm³/mol. The van der Waals surface area contributed by atoms with E-state index in [2.05, 4.69) is 12.1 Å².